The lowest BCUT2D eigenvalue weighted by Gasteiger charge is -2.10. The van der Waals surface area contributed by atoms with Crippen LogP contribution in [0.15, 0.2) is 48.7 Å². The highest BCUT2D eigenvalue weighted by Gasteiger charge is 2.26. The Balaban J connectivity index is 1.92. The Kier molecular flexibility index (Phi) is 5.21. The number of carbonyl (C=O) groups excluding carboxylic acids is 1. The molecule has 1 heterocycles. The van der Waals surface area contributed by atoms with E-state index in [0.717, 1.165) is 22.5 Å². The van der Waals surface area contributed by atoms with E-state index in [9.17, 15) is 25.0 Å². The second-order valence-corrected chi connectivity index (χ2v) is 6.10. The van der Waals surface area contributed by atoms with Crippen molar-refractivity contribution in [2.45, 2.75) is 6.92 Å². The molecule has 0 radical (unpaired) electrons. The number of nitrogens with one attached hydrogen (secondary N) is 1. The fourth-order valence-corrected chi connectivity index (χ4v) is 2.58. The lowest BCUT2D eigenvalue weighted by atomic mass is 10.2. The summed E-state index contributed by atoms with van der Waals surface area (Å²) in [6.07, 6.45) is 0.953. The fourth-order valence-electron chi connectivity index (χ4n) is 2.58. The van der Waals surface area contributed by atoms with Gasteiger partial charge in [0.15, 0.2) is 0 Å². The van der Waals surface area contributed by atoms with E-state index in [1.54, 1.807) is 12.1 Å². The number of aryl methyl sites for hydroxylation is 2. The van der Waals surface area contributed by atoms with Gasteiger partial charge in [-0.25, -0.2) is 0 Å². The molecule has 0 bridgehead atoms. The first kappa shape index (κ1) is 19.5. The largest absolute Gasteiger partial charge is 0.457 e. The van der Waals surface area contributed by atoms with Gasteiger partial charge >= 0.3 is 5.69 Å². The van der Waals surface area contributed by atoms with Crippen LogP contribution in [-0.2, 0) is 7.05 Å². The van der Waals surface area contributed by atoms with Crippen LogP contribution in [0.3, 0.4) is 0 Å². The first-order valence-corrected chi connectivity index (χ1v) is 8.26. The normalized spacial score (nSPS) is 10.4. The maximum absolute atomic E-state index is 12.5. The number of anilines is 1. The van der Waals surface area contributed by atoms with Crippen LogP contribution in [-0.4, -0.2) is 25.5 Å². The Morgan fingerprint density at radius 1 is 1.07 bits per heavy atom. The zero-order chi connectivity index (χ0) is 21.1. The van der Waals surface area contributed by atoms with Crippen molar-refractivity contribution in [2.24, 2.45) is 7.05 Å². The molecule has 1 amide bonds. The summed E-state index contributed by atoms with van der Waals surface area (Å²) in [4.78, 5) is 33.5. The van der Waals surface area contributed by atoms with Crippen LogP contribution < -0.4 is 10.1 Å². The molecule has 1 aromatic heterocycles. The number of ether oxygens (including phenoxy) is 1. The lowest BCUT2D eigenvalue weighted by molar-refractivity contribution is -0.385. The maximum Gasteiger partial charge on any atom is 0.320 e. The summed E-state index contributed by atoms with van der Waals surface area (Å²) >= 11 is 0. The van der Waals surface area contributed by atoms with Gasteiger partial charge in [0.25, 0.3) is 11.6 Å². The smallest absolute Gasteiger partial charge is 0.320 e. The van der Waals surface area contributed by atoms with Crippen LogP contribution in [0, 0.1) is 27.2 Å². The number of nitro groups is 2. The maximum atomic E-state index is 12.5. The molecule has 2 aromatic carbocycles. The summed E-state index contributed by atoms with van der Waals surface area (Å²) in [6.45, 7) is 1.91. The SMILES string of the molecule is Cc1ccc(Oc2cc(NC(=O)c3c([N+](=O)[O-])cnn3C)cc([N+](=O)[O-])c2)cc1. The predicted molar refractivity (Wildman–Crippen MR) is 102 cm³/mol. The van der Waals surface area contributed by atoms with Crippen LogP contribution in [0.25, 0.3) is 0 Å². The molecule has 3 aromatic rings. The summed E-state index contributed by atoms with van der Waals surface area (Å²) in [5, 5.41) is 28.5. The van der Waals surface area contributed by atoms with Gasteiger partial charge in [0.1, 0.15) is 17.7 Å². The van der Waals surface area contributed by atoms with Gasteiger partial charge in [0, 0.05) is 19.2 Å². The second-order valence-electron chi connectivity index (χ2n) is 6.10. The molecule has 1 N–H and O–H groups in total. The third-order valence-corrected chi connectivity index (χ3v) is 3.95. The average molecular weight is 397 g/mol. The molecule has 0 atom stereocenters. The van der Waals surface area contributed by atoms with Gasteiger partial charge in [0.2, 0.25) is 5.69 Å². The minimum Gasteiger partial charge on any atom is -0.457 e. The van der Waals surface area contributed by atoms with E-state index in [2.05, 4.69) is 10.4 Å². The molecule has 29 heavy (non-hydrogen) atoms. The van der Waals surface area contributed by atoms with Crippen LogP contribution in [0.5, 0.6) is 11.5 Å². The van der Waals surface area contributed by atoms with E-state index in [1.807, 2.05) is 19.1 Å². The summed E-state index contributed by atoms with van der Waals surface area (Å²) in [6, 6.07) is 10.8. The molecule has 0 fully saturated rings. The fraction of sp³-hybridized carbons (Fsp3) is 0.111. The van der Waals surface area contributed by atoms with Gasteiger partial charge in [-0.1, -0.05) is 17.7 Å². The number of aromatic nitrogens is 2. The number of rotatable bonds is 6. The van der Waals surface area contributed by atoms with Crippen molar-refractivity contribution >= 4 is 23.0 Å². The second kappa shape index (κ2) is 7.76. The first-order valence-electron chi connectivity index (χ1n) is 8.26. The molecule has 11 heteroatoms. The number of amides is 1. The van der Waals surface area contributed by atoms with Crippen molar-refractivity contribution in [3.63, 3.8) is 0 Å². The van der Waals surface area contributed by atoms with Crippen LogP contribution in [0.1, 0.15) is 16.1 Å². The van der Waals surface area contributed by atoms with Crippen molar-refractivity contribution < 1.29 is 19.4 Å². The van der Waals surface area contributed by atoms with Gasteiger partial charge in [0.05, 0.1) is 21.6 Å². The molecule has 0 unspecified atom stereocenters. The Bertz CT molecular complexity index is 1110. The van der Waals surface area contributed by atoms with E-state index in [-0.39, 0.29) is 22.8 Å². The highest BCUT2D eigenvalue weighted by atomic mass is 16.6. The van der Waals surface area contributed by atoms with E-state index in [1.165, 1.54) is 19.2 Å². The topological polar surface area (TPSA) is 142 Å². The van der Waals surface area contributed by atoms with Crippen LogP contribution in [0.2, 0.25) is 0 Å². The average Bonchev–Trinajstić information content (AvgIpc) is 3.05. The molecule has 0 aliphatic carbocycles. The molecule has 0 spiro atoms. The molecule has 0 aliphatic rings. The number of hydrogen-bond acceptors (Lipinski definition) is 7. The third kappa shape index (κ3) is 4.35. The van der Waals surface area contributed by atoms with Crippen molar-refractivity contribution in [3.05, 3.63) is 80.1 Å². The number of nitrogens with zero attached hydrogens (tertiary/aromatic N) is 4. The van der Waals surface area contributed by atoms with Crippen LogP contribution in [0.4, 0.5) is 17.1 Å². The van der Waals surface area contributed by atoms with Gasteiger partial charge in [-0.05, 0) is 19.1 Å². The monoisotopic (exact) mass is 397 g/mol. The summed E-state index contributed by atoms with van der Waals surface area (Å²) in [5.41, 5.74) is -0.0255. The molecular weight excluding hydrogens is 382 g/mol. The molecule has 3 rings (SSSR count). The Morgan fingerprint density at radius 2 is 1.76 bits per heavy atom. The van der Waals surface area contributed by atoms with E-state index < -0.39 is 21.4 Å². The first-order chi connectivity index (χ1) is 13.7. The Hall–Kier alpha value is -4.28. The Morgan fingerprint density at radius 3 is 2.38 bits per heavy atom. The minimum absolute atomic E-state index is 0.0433. The quantitative estimate of drug-likeness (QED) is 0.494. The highest BCUT2D eigenvalue weighted by Crippen LogP contribution is 2.30. The van der Waals surface area contributed by atoms with Gasteiger partial charge in [-0.3, -0.25) is 29.7 Å². The van der Waals surface area contributed by atoms with Gasteiger partial charge < -0.3 is 10.1 Å². The number of hydrogen-bond donors (Lipinski definition) is 1. The van der Waals surface area contributed by atoms with Gasteiger partial charge in [-0.15, -0.1) is 0 Å². The molecule has 0 aliphatic heterocycles. The molecular formula is C18H15N5O6. The van der Waals surface area contributed by atoms with E-state index in [0.29, 0.717) is 5.75 Å². The number of nitro benzene ring substituents is 1. The molecule has 0 saturated carbocycles. The summed E-state index contributed by atoms with van der Waals surface area (Å²) in [5.74, 6) is -0.257. The molecule has 148 valence electrons. The standard InChI is InChI=1S/C18H15N5O6/c1-11-3-5-14(6-4-11)29-15-8-12(7-13(9-15)22(25)26)20-18(24)17-16(23(27)28)10-19-21(17)2/h3-10H,1-2H3,(H,20,24). The van der Waals surface area contributed by atoms with E-state index in [4.69, 9.17) is 4.74 Å². The number of carbonyl (C=O) groups is 1. The van der Waals surface area contributed by atoms with Crippen molar-refractivity contribution in [1.29, 1.82) is 0 Å². The lowest BCUT2D eigenvalue weighted by Crippen LogP contribution is -2.17. The predicted octanol–water partition coefficient (Wildman–Crippen LogP) is 3.59. The van der Waals surface area contributed by atoms with Crippen molar-refractivity contribution in [1.82, 2.24) is 9.78 Å². The van der Waals surface area contributed by atoms with E-state index >= 15 is 0 Å². The summed E-state index contributed by atoms with van der Waals surface area (Å²) in [7, 11) is 1.38. The van der Waals surface area contributed by atoms with Crippen LogP contribution >= 0.6 is 0 Å². The highest BCUT2D eigenvalue weighted by molar-refractivity contribution is 6.06. The Labute approximate surface area is 163 Å². The molecule has 0 saturated heterocycles. The number of non-ortho nitro benzene ring substituents is 1. The zero-order valence-electron chi connectivity index (χ0n) is 15.4. The third-order valence-electron chi connectivity index (χ3n) is 3.95. The van der Waals surface area contributed by atoms with Crippen molar-refractivity contribution in [3.8, 4) is 11.5 Å². The minimum atomic E-state index is -0.835. The number of benzene rings is 2. The summed E-state index contributed by atoms with van der Waals surface area (Å²) < 4.78 is 6.69. The zero-order valence-corrected chi connectivity index (χ0v) is 15.4. The molecule has 11 nitrogen and oxygen atoms in total. The van der Waals surface area contributed by atoms with Crippen molar-refractivity contribution in [2.75, 3.05) is 5.32 Å². The van der Waals surface area contributed by atoms with Gasteiger partial charge in [-0.2, -0.15) is 5.10 Å².